The number of aromatic nitrogens is 2. The van der Waals surface area contributed by atoms with Crippen LogP contribution in [0.3, 0.4) is 0 Å². The van der Waals surface area contributed by atoms with Gasteiger partial charge in [0.15, 0.2) is 0 Å². The molecule has 1 aliphatic rings. The number of nitrogens with zero attached hydrogens (tertiary/aromatic N) is 2. The third kappa shape index (κ3) is 3.12. The van der Waals surface area contributed by atoms with Crippen LogP contribution in [0.15, 0.2) is 12.3 Å². The second-order valence-corrected chi connectivity index (χ2v) is 5.63. The van der Waals surface area contributed by atoms with Crippen molar-refractivity contribution in [2.24, 2.45) is 24.7 Å². The first-order valence-electron chi connectivity index (χ1n) is 7.20. The van der Waals surface area contributed by atoms with Crippen LogP contribution in [0.4, 0.5) is 0 Å². The van der Waals surface area contributed by atoms with Crippen molar-refractivity contribution in [3.63, 3.8) is 0 Å². The fourth-order valence-electron chi connectivity index (χ4n) is 3.28. The second kappa shape index (κ2) is 6.34. The molecule has 1 saturated carbocycles. The number of rotatable bonds is 5. The Kier molecular flexibility index (Phi) is 4.78. The fourth-order valence-corrected chi connectivity index (χ4v) is 3.28. The van der Waals surface area contributed by atoms with E-state index in [1.807, 2.05) is 17.9 Å². The SMILES string of the molecule is CCCC1CCC(C(NN)c2ccn(C)n2)CC1. The maximum absolute atomic E-state index is 5.74. The largest absolute Gasteiger partial charge is 0.275 e. The van der Waals surface area contributed by atoms with Crippen LogP contribution < -0.4 is 11.3 Å². The zero-order valence-electron chi connectivity index (χ0n) is 11.6. The summed E-state index contributed by atoms with van der Waals surface area (Å²) in [5.74, 6) is 7.31. The number of hydrazine groups is 1. The lowest BCUT2D eigenvalue weighted by Crippen LogP contribution is -2.35. The predicted octanol–water partition coefficient (Wildman–Crippen LogP) is 2.53. The Morgan fingerprint density at radius 2 is 2.17 bits per heavy atom. The second-order valence-electron chi connectivity index (χ2n) is 5.63. The minimum Gasteiger partial charge on any atom is -0.275 e. The molecule has 1 atom stereocenters. The Morgan fingerprint density at radius 3 is 2.67 bits per heavy atom. The van der Waals surface area contributed by atoms with Crippen molar-refractivity contribution in [3.05, 3.63) is 18.0 Å². The number of nitrogens with one attached hydrogen (secondary N) is 1. The van der Waals surface area contributed by atoms with Crippen molar-refractivity contribution in [1.82, 2.24) is 15.2 Å². The monoisotopic (exact) mass is 250 g/mol. The third-order valence-corrected chi connectivity index (χ3v) is 4.29. The molecule has 0 aliphatic heterocycles. The van der Waals surface area contributed by atoms with Gasteiger partial charge in [-0.25, -0.2) is 0 Å². The molecule has 102 valence electrons. The van der Waals surface area contributed by atoms with Gasteiger partial charge in [0.1, 0.15) is 0 Å². The summed E-state index contributed by atoms with van der Waals surface area (Å²) in [6.07, 6.45) is 9.94. The Hall–Kier alpha value is -0.870. The van der Waals surface area contributed by atoms with Gasteiger partial charge in [-0.3, -0.25) is 16.0 Å². The molecule has 2 rings (SSSR count). The molecule has 1 fully saturated rings. The molecule has 0 aromatic carbocycles. The van der Waals surface area contributed by atoms with E-state index in [0.717, 1.165) is 11.6 Å². The Balaban J connectivity index is 1.94. The molecular formula is C14H26N4. The van der Waals surface area contributed by atoms with Crippen molar-refractivity contribution in [2.45, 2.75) is 51.5 Å². The molecule has 0 radical (unpaired) electrons. The zero-order chi connectivity index (χ0) is 13.0. The predicted molar refractivity (Wildman–Crippen MR) is 73.6 cm³/mol. The van der Waals surface area contributed by atoms with Gasteiger partial charge in [0, 0.05) is 13.2 Å². The molecule has 0 bridgehead atoms. The highest BCUT2D eigenvalue weighted by Gasteiger charge is 2.28. The number of hydrogen-bond acceptors (Lipinski definition) is 3. The summed E-state index contributed by atoms with van der Waals surface area (Å²) in [5, 5.41) is 4.49. The molecule has 0 saturated heterocycles. The van der Waals surface area contributed by atoms with Crippen molar-refractivity contribution in [2.75, 3.05) is 0 Å². The molecule has 1 heterocycles. The van der Waals surface area contributed by atoms with Gasteiger partial charge in [0.25, 0.3) is 0 Å². The maximum Gasteiger partial charge on any atom is 0.0810 e. The van der Waals surface area contributed by atoms with Crippen LogP contribution in [0.2, 0.25) is 0 Å². The van der Waals surface area contributed by atoms with Gasteiger partial charge in [0.05, 0.1) is 11.7 Å². The van der Waals surface area contributed by atoms with Crippen LogP contribution in [-0.2, 0) is 7.05 Å². The standard InChI is InChI=1S/C14H26N4/c1-3-4-11-5-7-12(8-6-11)14(16-15)13-9-10-18(2)17-13/h9-12,14,16H,3-8,15H2,1-2H3. The Morgan fingerprint density at radius 1 is 1.44 bits per heavy atom. The summed E-state index contributed by atoms with van der Waals surface area (Å²) >= 11 is 0. The maximum atomic E-state index is 5.74. The highest BCUT2D eigenvalue weighted by Crippen LogP contribution is 2.37. The molecule has 3 N–H and O–H groups in total. The molecule has 1 unspecified atom stereocenters. The summed E-state index contributed by atoms with van der Waals surface area (Å²) in [6, 6.07) is 2.29. The highest BCUT2D eigenvalue weighted by molar-refractivity contribution is 5.07. The van der Waals surface area contributed by atoms with Gasteiger partial charge in [-0.05, 0) is 30.7 Å². The average Bonchev–Trinajstić information content (AvgIpc) is 2.79. The lowest BCUT2D eigenvalue weighted by atomic mass is 9.76. The summed E-state index contributed by atoms with van der Waals surface area (Å²) < 4.78 is 1.85. The minimum atomic E-state index is 0.216. The molecule has 18 heavy (non-hydrogen) atoms. The lowest BCUT2D eigenvalue weighted by molar-refractivity contribution is 0.212. The van der Waals surface area contributed by atoms with Gasteiger partial charge in [-0.2, -0.15) is 5.10 Å². The van der Waals surface area contributed by atoms with E-state index in [-0.39, 0.29) is 6.04 Å². The first-order valence-corrected chi connectivity index (χ1v) is 7.20. The Bertz CT molecular complexity index is 352. The number of aryl methyl sites for hydroxylation is 1. The number of hydrogen-bond donors (Lipinski definition) is 2. The normalized spacial score (nSPS) is 26.2. The van der Waals surface area contributed by atoms with E-state index in [4.69, 9.17) is 5.84 Å². The fraction of sp³-hybridized carbons (Fsp3) is 0.786. The van der Waals surface area contributed by atoms with Crippen molar-refractivity contribution < 1.29 is 0 Å². The van der Waals surface area contributed by atoms with Crippen LogP contribution in [0.5, 0.6) is 0 Å². The van der Waals surface area contributed by atoms with E-state index < -0.39 is 0 Å². The van der Waals surface area contributed by atoms with Crippen molar-refractivity contribution in [3.8, 4) is 0 Å². The topological polar surface area (TPSA) is 55.9 Å². The molecule has 4 heteroatoms. The van der Waals surface area contributed by atoms with E-state index in [1.54, 1.807) is 0 Å². The van der Waals surface area contributed by atoms with Gasteiger partial charge >= 0.3 is 0 Å². The molecular weight excluding hydrogens is 224 g/mol. The molecule has 4 nitrogen and oxygen atoms in total. The first-order chi connectivity index (χ1) is 8.74. The van der Waals surface area contributed by atoms with E-state index in [9.17, 15) is 0 Å². The molecule has 1 aromatic heterocycles. The Labute approximate surface area is 110 Å². The molecule has 1 aliphatic carbocycles. The van der Waals surface area contributed by atoms with E-state index in [1.165, 1.54) is 38.5 Å². The molecule has 0 amide bonds. The van der Waals surface area contributed by atoms with Crippen LogP contribution >= 0.6 is 0 Å². The quantitative estimate of drug-likeness (QED) is 0.623. The van der Waals surface area contributed by atoms with Gasteiger partial charge in [-0.1, -0.05) is 32.6 Å². The minimum absolute atomic E-state index is 0.216. The van der Waals surface area contributed by atoms with Crippen molar-refractivity contribution in [1.29, 1.82) is 0 Å². The summed E-state index contributed by atoms with van der Waals surface area (Å²) in [5.41, 5.74) is 4.05. The first kappa shape index (κ1) is 13.6. The molecule has 1 aromatic rings. The number of nitrogens with two attached hydrogens (primary N) is 1. The van der Waals surface area contributed by atoms with Gasteiger partial charge in [0.2, 0.25) is 0 Å². The van der Waals surface area contributed by atoms with Gasteiger partial charge in [-0.15, -0.1) is 0 Å². The van der Waals surface area contributed by atoms with E-state index in [0.29, 0.717) is 5.92 Å². The zero-order valence-corrected chi connectivity index (χ0v) is 11.6. The summed E-state index contributed by atoms with van der Waals surface area (Å²) in [4.78, 5) is 0. The van der Waals surface area contributed by atoms with E-state index >= 15 is 0 Å². The van der Waals surface area contributed by atoms with Crippen LogP contribution in [-0.4, -0.2) is 9.78 Å². The summed E-state index contributed by atoms with van der Waals surface area (Å²) in [7, 11) is 1.95. The lowest BCUT2D eigenvalue weighted by Gasteiger charge is -2.32. The average molecular weight is 250 g/mol. The van der Waals surface area contributed by atoms with Crippen LogP contribution in [0.1, 0.15) is 57.2 Å². The van der Waals surface area contributed by atoms with Crippen LogP contribution in [0.25, 0.3) is 0 Å². The summed E-state index contributed by atoms with van der Waals surface area (Å²) in [6.45, 7) is 2.28. The highest BCUT2D eigenvalue weighted by atomic mass is 15.3. The van der Waals surface area contributed by atoms with Crippen LogP contribution in [0, 0.1) is 11.8 Å². The van der Waals surface area contributed by atoms with E-state index in [2.05, 4.69) is 23.5 Å². The van der Waals surface area contributed by atoms with Crippen molar-refractivity contribution >= 4 is 0 Å². The smallest absolute Gasteiger partial charge is 0.0810 e. The third-order valence-electron chi connectivity index (χ3n) is 4.29. The molecule has 0 spiro atoms. The van der Waals surface area contributed by atoms with Gasteiger partial charge < -0.3 is 0 Å².